The summed E-state index contributed by atoms with van der Waals surface area (Å²) in [4.78, 5) is 28.5. The Kier molecular flexibility index (Phi) is 8.47. The van der Waals surface area contributed by atoms with Gasteiger partial charge in [0.1, 0.15) is 11.4 Å². The van der Waals surface area contributed by atoms with E-state index in [4.69, 9.17) is 33.0 Å². The number of aromatic nitrogens is 4. The van der Waals surface area contributed by atoms with Crippen LogP contribution >= 0.6 is 23.2 Å². The minimum absolute atomic E-state index is 0.113. The molecule has 1 aliphatic rings. The molecular formula is C39H39Cl2N5O4. The highest BCUT2D eigenvalue weighted by Crippen LogP contribution is 2.45. The van der Waals surface area contributed by atoms with Crippen molar-refractivity contribution in [3.8, 4) is 16.9 Å². The lowest BCUT2D eigenvalue weighted by molar-refractivity contribution is 0.0696. The van der Waals surface area contributed by atoms with Crippen molar-refractivity contribution < 1.29 is 19.4 Å². The van der Waals surface area contributed by atoms with Gasteiger partial charge in [-0.15, -0.1) is 0 Å². The zero-order valence-electron chi connectivity index (χ0n) is 29.2. The molecule has 1 aliphatic heterocycles. The minimum atomic E-state index is -0.995. The van der Waals surface area contributed by atoms with Crippen molar-refractivity contribution in [1.82, 2.24) is 18.9 Å². The molecule has 0 bridgehead atoms. The molecule has 0 unspecified atom stereocenters. The van der Waals surface area contributed by atoms with Crippen LogP contribution in [0, 0.1) is 27.7 Å². The summed E-state index contributed by atoms with van der Waals surface area (Å²) < 4.78 is 12.1. The molecule has 4 heterocycles. The molecule has 3 aromatic heterocycles. The van der Waals surface area contributed by atoms with Gasteiger partial charge in [-0.05, 0) is 101 Å². The average Bonchev–Trinajstić information content (AvgIpc) is 3.67. The molecule has 1 N–H and O–H groups in total. The first-order valence-corrected chi connectivity index (χ1v) is 17.4. The number of hydrogen-bond acceptors (Lipinski definition) is 4. The smallest absolute Gasteiger partial charge is 0.335 e. The van der Waals surface area contributed by atoms with Gasteiger partial charge in [0.2, 0.25) is 0 Å². The monoisotopic (exact) mass is 711 g/mol. The number of halogens is 2. The molecule has 0 saturated carbocycles. The van der Waals surface area contributed by atoms with E-state index in [0.717, 1.165) is 77.5 Å². The van der Waals surface area contributed by atoms with Gasteiger partial charge in [0.25, 0.3) is 5.91 Å². The normalized spacial score (nSPS) is 14.6. The van der Waals surface area contributed by atoms with Crippen LogP contribution in [0.5, 0.6) is 5.75 Å². The first-order chi connectivity index (χ1) is 23.8. The summed E-state index contributed by atoms with van der Waals surface area (Å²) in [6.07, 6.45) is 3.18. The number of nitrogens with zero attached hydrogens (tertiary/aromatic N) is 5. The summed E-state index contributed by atoms with van der Waals surface area (Å²) in [7, 11) is 3.80. The second kappa shape index (κ2) is 12.5. The number of amides is 1. The maximum absolute atomic E-state index is 14.9. The third-order valence-electron chi connectivity index (χ3n) is 10.1. The van der Waals surface area contributed by atoms with E-state index in [-0.39, 0.29) is 17.5 Å². The summed E-state index contributed by atoms with van der Waals surface area (Å²) in [6, 6.07) is 12.8. The molecule has 258 valence electrons. The SMILES string of the molecule is Cc1cc(OCCCc2c3n(c4c(-c5c(C)nn(C)c5C)c(Cl)ccc24)[C@H](C)CN(c2cn(C)c4cc(C(=O)O)ccc24)C3=O)cc(C)c1Cl. The molecule has 7 rings (SSSR count). The summed E-state index contributed by atoms with van der Waals surface area (Å²) in [5.74, 6) is -0.344. The maximum atomic E-state index is 14.9. The molecule has 1 amide bonds. The molecule has 1 atom stereocenters. The van der Waals surface area contributed by atoms with Crippen LogP contribution in [0.15, 0.2) is 48.7 Å². The lowest BCUT2D eigenvalue weighted by Crippen LogP contribution is -2.42. The highest BCUT2D eigenvalue weighted by Gasteiger charge is 2.37. The minimum Gasteiger partial charge on any atom is -0.494 e. The topological polar surface area (TPSA) is 94.5 Å². The van der Waals surface area contributed by atoms with Gasteiger partial charge in [-0.2, -0.15) is 5.10 Å². The summed E-state index contributed by atoms with van der Waals surface area (Å²) in [5, 5.41) is 17.5. The predicted octanol–water partition coefficient (Wildman–Crippen LogP) is 9.01. The number of anilines is 1. The van der Waals surface area contributed by atoms with E-state index in [1.54, 1.807) is 18.2 Å². The van der Waals surface area contributed by atoms with Gasteiger partial charge in [-0.3, -0.25) is 9.48 Å². The number of aryl methyl sites for hydroxylation is 6. The van der Waals surface area contributed by atoms with E-state index in [1.165, 1.54) is 0 Å². The van der Waals surface area contributed by atoms with Crippen LogP contribution in [0.4, 0.5) is 5.69 Å². The average molecular weight is 713 g/mol. The van der Waals surface area contributed by atoms with E-state index < -0.39 is 5.97 Å². The van der Waals surface area contributed by atoms with Gasteiger partial charge < -0.3 is 23.9 Å². The van der Waals surface area contributed by atoms with E-state index in [0.29, 0.717) is 36.7 Å². The van der Waals surface area contributed by atoms with E-state index >= 15 is 0 Å². The molecule has 0 fully saturated rings. The molecule has 50 heavy (non-hydrogen) atoms. The van der Waals surface area contributed by atoms with Crippen molar-refractivity contribution in [3.63, 3.8) is 0 Å². The van der Waals surface area contributed by atoms with Crippen LogP contribution in [0.1, 0.15) is 68.3 Å². The number of carbonyl (C=O) groups excluding carboxylic acids is 1. The fraction of sp³-hybridized carbons (Fsp3) is 0.308. The molecule has 6 aromatic rings. The van der Waals surface area contributed by atoms with Crippen molar-refractivity contribution in [2.45, 2.75) is 53.5 Å². The van der Waals surface area contributed by atoms with E-state index in [2.05, 4.69) is 11.5 Å². The molecule has 9 nitrogen and oxygen atoms in total. The number of ether oxygens (including phenoxy) is 1. The number of hydrogen-bond donors (Lipinski definition) is 1. The Morgan fingerprint density at radius 3 is 2.36 bits per heavy atom. The zero-order chi connectivity index (χ0) is 35.8. The fourth-order valence-corrected chi connectivity index (χ4v) is 8.00. The van der Waals surface area contributed by atoms with Crippen LogP contribution in [0.25, 0.3) is 32.9 Å². The van der Waals surface area contributed by atoms with E-state index in [9.17, 15) is 14.7 Å². The number of fused-ring (bicyclic) bond motifs is 4. The third kappa shape index (κ3) is 5.34. The Morgan fingerprint density at radius 1 is 1.00 bits per heavy atom. The van der Waals surface area contributed by atoms with Gasteiger partial charge in [-0.1, -0.05) is 29.3 Å². The summed E-state index contributed by atoms with van der Waals surface area (Å²) in [6.45, 7) is 11.0. The van der Waals surface area contributed by atoms with Crippen molar-refractivity contribution in [2.75, 3.05) is 18.1 Å². The van der Waals surface area contributed by atoms with Crippen molar-refractivity contribution in [3.05, 3.63) is 98.0 Å². The van der Waals surface area contributed by atoms with Crippen molar-refractivity contribution in [2.24, 2.45) is 14.1 Å². The zero-order valence-corrected chi connectivity index (χ0v) is 30.7. The Bertz CT molecular complexity index is 2360. The fourth-order valence-electron chi connectivity index (χ4n) is 7.65. The van der Waals surface area contributed by atoms with Gasteiger partial charge in [-0.25, -0.2) is 4.79 Å². The summed E-state index contributed by atoms with van der Waals surface area (Å²) in [5.41, 5.74) is 9.81. The molecular weight excluding hydrogens is 673 g/mol. The Morgan fingerprint density at radius 2 is 1.70 bits per heavy atom. The lowest BCUT2D eigenvalue weighted by atomic mass is 9.98. The number of aromatic carboxylic acids is 1. The second-order valence-corrected chi connectivity index (χ2v) is 14.2. The van der Waals surface area contributed by atoms with Gasteiger partial charge >= 0.3 is 5.97 Å². The van der Waals surface area contributed by atoms with Crippen LogP contribution in [-0.2, 0) is 20.5 Å². The molecule has 3 aromatic carbocycles. The Hall–Kier alpha value is -4.73. The summed E-state index contributed by atoms with van der Waals surface area (Å²) >= 11 is 13.5. The number of benzene rings is 3. The second-order valence-electron chi connectivity index (χ2n) is 13.4. The van der Waals surface area contributed by atoms with E-state index in [1.807, 2.05) is 86.4 Å². The standard InChI is InChI=1S/C39H39Cl2N5O4/c1-20-15-26(16-21(2)35(20)41)50-14-8-9-27-28-12-13-30(40)34(33-23(4)42-44(7)24(33)5)36(28)46-22(3)18-45(38(47)37(27)46)32-19-43(6)31-17-25(39(48)49)10-11-29(31)32/h10-13,15-17,19,22H,8-9,14,18H2,1-7H3,(H,48,49)/t22-/m1/s1. The molecule has 0 spiro atoms. The predicted molar refractivity (Wildman–Crippen MR) is 200 cm³/mol. The van der Waals surface area contributed by atoms with Gasteiger partial charge in [0.05, 0.1) is 39.6 Å². The van der Waals surface area contributed by atoms with Crippen LogP contribution in [0.2, 0.25) is 10.0 Å². The van der Waals surface area contributed by atoms with Crippen molar-refractivity contribution >= 4 is 62.6 Å². The quantitative estimate of drug-likeness (QED) is 0.159. The highest BCUT2D eigenvalue weighted by atomic mass is 35.5. The molecule has 0 radical (unpaired) electrons. The first kappa shape index (κ1) is 33.8. The number of carboxylic acids is 1. The van der Waals surface area contributed by atoms with Crippen LogP contribution in [-0.4, -0.2) is 49.0 Å². The van der Waals surface area contributed by atoms with Gasteiger partial charge in [0, 0.05) is 65.5 Å². The first-order valence-electron chi connectivity index (χ1n) is 16.7. The Labute approximate surface area is 300 Å². The third-order valence-corrected chi connectivity index (χ3v) is 11.0. The van der Waals surface area contributed by atoms with Gasteiger partial charge in [0.15, 0.2) is 0 Å². The largest absolute Gasteiger partial charge is 0.494 e. The molecule has 0 saturated heterocycles. The van der Waals surface area contributed by atoms with Crippen LogP contribution in [0.3, 0.4) is 0 Å². The number of rotatable bonds is 8. The molecule has 11 heteroatoms. The lowest BCUT2D eigenvalue weighted by Gasteiger charge is -2.34. The highest BCUT2D eigenvalue weighted by molar-refractivity contribution is 6.35. The maximum Gasteiger partial charge on any atom is 0.335 e. The van der Waals surface area contributed by atoms with Crippen LogP contribution < -0.4 is 9.64 Å². The molecule has 0 aliphatic carbocycles. The Balaban J connectivity index is 1.37. The number of carbonyl (C=O) groups is 2. The number of carboxylic acid groups (broad SMARTS) is 1. The van der Waals surface area contributed by atoms with Crippen molar-refractivity contribution in [1.29, 1.82) is 0 Å².